The van der Waals surface area contributed by atoms with Gasteiger partial charge in [0.2, 0.25) is 5.91 Å². The zero-order chi connectivity index (χ0) is 22.7. The monoisotopic (exact) mass is 435 g/mol. The van der Waals surface area contributed by atoms with Crippen LogP contribution < -0.4 is 16.6 Å². The zero-order valence-electron chi connectivity index (χ0n) is 17.9. The average Bonchev–Trinajstić information content (AvgIpc) is 2.82. The Labute approximate surface area is 184 Å². The number of nitrogens with zero attached hydrogens (tertiary/aromatic N) is 2. The molecule has 8 nitrogen and oxygen atoms in total. The van der Waals surface area contributed by atoms with Crippen LogP contribution >= 0.6 is 0 Å². The van der Waals surface area contributed by atoms with Gasteiger partial charge in [0.1, 0.15) is 6.54 Å². The molecule has 2 aromatic carbocycles. The first-order chi connectivity index (χ1) is 15.5. The number of hydrogen-bond acceptors (Lipinski definition) is 5. The molecule has 0 aliphatic heterocycles. The molecule has 0 bridgehead atoms. The van der Waals surface area contributed by atoms with E-state index in [0.717, 1.165) is 30.3 Å². The highest BCUT2D eigenvalue weighted by Gasteiger charge is 2.22. The Hall–Kier alpha value is -3.68. The number of para-hydroxylation sites is 2. The Morgan fingerprint density at radius 3 is 2.44 bits per heavy atom. The molecule has 166 valence electrons. The summed E-state index contributed by atoms with van der Waals surface area (Å²) in [5.74, 6) is -0.947. The van der Waals surface area contributed by atoms with Gasteiger partial charge in [-0.1, -0.05) is 43.5 Å². The number of benzene rings is 2. The maximum Gasteiger partial charge on any atom is 0.339 e. The molecule has 0 spiro atoms. The fourth-order valence-corrected chi connectivity index (χ4v) is 4.30. The van der Waals surface area contributed by atoms with E-state index in [1.807, 2.05) is 0 Å². The van der Waals surface area contributed by atoms with E-state index in [1.165, 1.54) is 30.2 Å². The van der Waals surface area contributed by atoms with Gasteiger partial charge in [-0.2, -0.15) is 0 Å². The maximum absolute atomic E-state index is 13.5. The molecular formula is C24H25N3O5. The highest BCUT2D eigenvalue weighted by atomic mass is 16.5. The van der Waals surface area contributed by atoms with Gasteiger partial charge in [0.25, 0.3) is 5.56 Å². The van der Waals surface area contributed by atoms with Crippen molar-refractivity contribution in [3.8, 4) is 5.69 Å². The summed E-state index contributed by atoms with van der Waals surface area (Å²) in [4.78, 5) is 51.8. The van der Waals surface area contributed by atoms with Crippen LogP contribution in [0.15, 0.2) is 58.1 Å². The van der Waals surface area contributed by atoms with Gasteiger partial charge in [-0.15, -0.1) is 0 Å². The van der Waals surface area contributed by atoms with Crippen LogP contribution in [0.2, 0.25) is 0 Å². The third-order valence-electron chi connectivity index (χ3n) is 5.87. The number of fused-ring (bicyclic) bond motifs is 1. The molecule has 4 rings (SSSR count). The lowest BCUT2D eigenvalue weighted by atomic mass is 9.95. The number of methoxy groups -OCH3 is 1. The summed E-state index contributed by atoms with van der Waals surface area (Å²) >= 11 is 0. The van der Waals surface area contributed by atoms with Crippen molar-refractivity contribution in [2.75, 3.05) is 7.11 Å². The number of rotatable bonds is 5. The molecule has 1 aliphatic rings. The van der Waals surface area contributed by atoms with Crippen molar-refractivity contribution in [3.63, 3.8) is 0 Å². The number of esters is 1. The van der Waals surface area contributed by atoms with Gasteiger partial charge in [-0.25, -0.2) is 14.2 Å². The number of amides is 1. The second-order valence-electron chi connectivity index (χ2n) is 7.94. The van der Waals surface area contributed by atoms with Crippen molar-refractivity contribution in [2.45, 2.75) is 44.7 Å². The van der Waals surface area contributed by atoms with E-state index in [2.05, 4.69) is 5.32 Å². The summed E-state index contributed by atoms with van der Waals surface area (Å²) in [7, 11) is 1.23. The Morgan fingerprint density at radius 2 is 1.69 bits per heavy atom. The quantitative estimate of drug-likeness (QED) is 0.621. The highest BCUT2D eigenvalue weighted by molar-refractivity contribution is 5.93. The van der Waals surface area contributed by atoms with Crippen molar-refractivity contribution in [2.24, 2.45) is 0 Å². The number of aromatic nitrogens is 2. The molecule has 1 saturated carbocycles. The number of ether oxygens (including phenoxy) is 1. The van der Waals surface area contributed by atoms with Gasteiger partial charge in [-0.3, -0.25) is 14.2 Å². The summed E-state index contributed by atoms with van der Waals surface area (Å²) in [6.45, 7) is -0.226. The second-order valence-corrected chi connectivity index (χ2v) is 7.94. The molecule has 3 aromatic rings. The van der Waals surface area contributed by atoms with E-state index in [-0.39, 0.29) is 35.1 Å². The van der Waals surface area contributed by atoms with Crippen LogP contribution in [-0.4, -0.2) is 34.2 Å². The molecule has 0 atom stereocenters. The molecule has 1 aliphatic carbocycles. The summed E-state index contributed by atoms with van der Waals surface area (Å²) < 4.78 is 7.03. The summed E-state index contributed by atoms with van der Waals surface area (Å²) in [6.07, 6.45) is 5.16. The van der Waals surface area contributed by atoms with Gasteiger partial charge in [-0.05, 0) is 37.1 Å². The summed E-state index contributed by atoms with van der Waals surface area (Å²) in [5.41, 5.74) is -0.688. The summed E-state index contributed by atoms with van der Waals surface area (Å²) in [6, 6.07) is 13.0. The van der Waals surface area contributed by atoms with Gasteiger partial charge < -0.3 is 10.1 Å². The van der Waals surface area contributed by atoms with Crippen molar-refractivity contribution < 1.29 is 14.3 Å². The van der Waals surface area contributed by atoms with Gasteiger partial charge in [0.05, 0.1) is 29.3 Å². The minimum absolute atomic E-state index is 0.0858. The molecule has 1 fully saturated rings. The number of hydrogen-bond donors (Lipinski definition) is 1. The lowest BCUT2D eigenvalue weighted by Gasteiger charge is -2.23. The lowest BCUT2D eigenvalue weighted by Crippen LogP contribution is -2.44. The average molecular weight is 435 g/mol. The maximum atomic E-state index is 13.5. The van der Waals surface area contributed by atoms with Crippen molar-refractivity contribution in [3.05, 3.63) is 74.9 Å². The normalized spacial score (nSPS) is 14.3. The predicted octanol–water partition coefficient (Wildman–Crippen LogP) is 2.39. The molecule has 0 saturated heterocycles. The Morgan fingerprint density at radius 1 is 1.00 bits per heavy atom. The third-order valence-corrected chi connectivity index (χ3v) is 5.87. The number of carbonyl (C=O) groups is 2. The second kappa shape index (κ2) is 9.21. The van der Waals surface area contributed by atoms with Crippen LogP contribution in [0, 0.1) is 0 Å². The molecular weight excluding hydrogens is 410 g/mol. The first-order valence-corrected chi connectivity index (χ1v) is 10.7. The SMILES string of the molecule is COC(=O)c1ccccc1-n1c(=O)c2ccccc2n(CC(=O)NC2CCCCC2)c1=O. The first-order valence-electron chi connectivity index (χ1n) is 10.7. The molecule has 0 unspecified atom stereocenters. The van der Waals surface area contributed by atoms with Crippen LogP contribution in [0.5, 0.6) is 0 Å². The molecule has 32 heavy (non-hydrogen) atoms. The van der Waals surface area contributed by atoms with E-state index >= 15 is 0 Å². The Balaban J connectivity index is 1.84. The highest BCUT2D eigenvalue weighted by Crippen LogP contribution is 2.18. The zero-order valence-corrected chi connectivity index (χ0v) is 17.9. The topological polar surface area (TPSA) is 99.4 Å². The molecule has 0 radical (unpaired) electrons. The fourth-order valence-electron chi connectivity index (χ4n) is 4.30. The van der Waals surface area contributed by atoms with E-state index in [1.54, 1.807) is 36.4 Å². The van der Waals surface area contributed by atoms with Crippen LogP contribution in [0.1, 0.15) is 42.5 Å². The van der Waals surface area contributed by atoms with Gasteiger partial charge >= 0.3 is 11.7 Å². The fraction of sp³-hybridized carbons (Fsp3) is 0.333. The molecule has 8 heteroatoms. The minimum atomic E-state index is -0.691. The standard InChI is InChI=1S/C24H25N3O5/c1-32-23(30)18-12-6-8-14-20(18)27-22(29)17-11-5-7-13-19(17)26(24(27)31)15-21(28)25-16-9-3-2-4-10-16/h5-8,11-14,16H,2-4,9-10,15H2,1H3,(H,25,28). The van der Waals surface area contributed by atoms with Crippen molar-refractivity contribution >= 4 is 22.8 Å². The van der Waals surface area contributed by atoms with Crippen molar-refractivity contribution in [1.82, 2.24) is 14.5 Å². The van der Waals surface area contributed by atoms with Gasteiger partial charge in [0.15, 0.2) is 0 Å². The molecule has 1 amide bonds. The Bertz CT molecular complexity index is 1280. The first kappa shape index (κ1) is 21.5. The van der Waals surface area contributed by atoms with Crippen LogP contribution in [0.25, 0.3) is 16.6 Å². The largest absolute Gasteiger partial charge is 0.465 e. The number of carbonyl (C=O) groups excluding carboxylic acids is 2. The van der Waals surface area contributed by atoms with Crippen LogP contribution in [-0.2, 0) is 16.1 Å². The molecule has 1 heterocycles. The van der Waals surface area contributed by atoms with E-state index in [4.69, 9.17) is 4.74 Å². The lowest BCUT2D eigenvalue weighted by molar-refractivity contribution is -0.122. The van der Waals surface area contributed by atoms with Crippen LogP contribution in [0.3, 0.4) is 0 Å². The van der Waals surface area contributed by atoms with Gasteiger partial charge in [0, 0.05) is 6.04 Å². The van der Waals surface area contributed by atoms with E-state index < -0.39 is 17.2 Å². The molecule has 1 aromatic heterocycles. The Kier molecular flexibility index (Phi) is 6.20. The van der Waals surface area contributed by atoms with E-state index in [0.29, 0.717) is 5.52 Å². The minimum Gasteiger partial charge on any atom is -0.465 e. The number of nitrogens with one attached hydrogen (secondary N) is 1. The van der Waals surface area contributed by atoms with Crippen LogP contribution in [0.4, 0.5) is 0 Å². The van der Waals surface area contributed by atoms with Crippen molar-refractivity contribution in [1.29, 1.82) is 0 Å². The predicted molar refractivity (Wildman–Crippen MR) is 120 cm³/mol. The third kappa shape index (κ3) is 4.08. The van der Waals surface area contributed by atoms with E-state index in [9.17, 15) is 19.2 Å². The summed E-state index contributed by atoms with van der Waals surface area (Å²) in [5, 5.41) is 3.29. The molecule has 1 N–H and O–H groups in total. The smallest absolute Gasteiger partial charge is 0.339 e.